The average Bonchev–Trinajstić information content (AvgIpc) is 3.11. The van der Waals surface area contributed by atoms with Crippen LogP contribution < -0.4 is 11.1 Å². The molecule has 0 bridgehead atoms. The molecule has 5 heteroatoms. The smallest absolute Gasteiger partial charge is 0.273 e. The Morgan fingerprint density at radius 3 is 2.58 bits per heavy atom. The van der Waals surface area contributed by atoms with Crippen molar-refractivity contribution in [3.05, 3.63) is 72.1 Å². The van der Waals surface area contributed by atoms with Gasteiger partial charge in [-0.05, 0) is 35.7 Å². The van der Waals surface area contributed by atoms with Gasteiger partial charge in [0.25, 0.3) is 5.91 Å². The highest BCUT2D eigenvalue weighted by molar-refractivity contribution is 5.92. The van der Waals surface area contributed by atoms with Gasteiger partial charge >= 0.3 is 0 Å². The number of benzene rings is 2. The molecule has 3 N–H and O–H groups in total. The molecule has 0 aliphatic heterocycles. The van der Waals surface area contributed by atoms with Gasteiger partial charge in [0, 0.05) is 17.8 Å². The molecule has 0 aliphatic carbocycles. The molecule has 1 aromatic heterocycles. The first kappa shape index (κ1) is 15.8. The number of nitrogens with zero attached hydrogens (tertiary/aromatic N) is 1. The maximum Gasteiger partial charge on any atom is 0.273 e. The minimum atomic E-state index is -0.247. The lowest BCUT2D eigenvalue weighted by Gasteiger charge is -2.12. The monoisotopic (exact) mass is 321 g/mol. The number of oxazole rings is 1. The Hall–Kier alpha value is -3.08. The Bertz CT molecular complexity index is 810. The third-order valence-electron chi connectivity index (χ3n) is 3.83. The summed E-state index contributed by atoms with van der Waals surface area (Å²) < 4.78 is 5.39. The molecule has 0 aliphatic rings. The van der Waals surface area contributed by atoms with E-state index in [9.17, 15) is 4.79 Å². The zero-order chi connectivity index (χ0) is 16.9. The number of rotatable bonds is 5. The second-order valence-electron chi connectivity index (χ2n) is 5.68. The van der Waals surface area contributed by atoms with Gasteiger partial charge in [-0.2, -0.15) is 0 Å². The molecule has 1 amide bonds. The van der Waals surface area contributed by atoms with Crippen molar-refractivity contribution in [3.8, 4) is 11.5 Å². The van der Waals surface area contributed by atoms with Crippen LogP contribution >= 0.6 is 0 Å². The number of carbonyl (C=O) groups is 1. The fourth-order valence-electron chi connectivity index (χ4n) is 2.37. The molecule has 0 fully saturated rings. The second kappa shape index (κ2) is 7.00. The lowest BCUT2D eigenvalue weighted by atomic mass is 10.0. The highest BCUT2D eigenvalue weighted by Crippen LogP contribution is 2.20. The topological polar surface area (TPSA) is 81.2 Å². The molecule has 1 heterocycles. The molecule has 1 atom stereocenters. The van der Waals surface area contributed by atoms with Crippen LogP contribution in [0.2, 0.25) is 0 Å². The van der Waals surface area contributed by atoms with Crippen molar-refractivity contribution in [1.82, 2.24) is 10.3 Å². The normalized spacial score (nSPS) is 11.9. The highest BCUT2D eigenvalue weighted by Gasteiger charge is 2.14. The average molecular weight is 321 g/mol. The third-order valence-corrected chi connectivity index (χ3v) is 3.83. The molecule has 122 valence electrons. The number of nitrogens with two attached hydrogens (primary N) is 1. The van der Waals surface area contributed by atoms with E-state index in [1.165, 1.54) is 11.8 Å². The van der Waals surface area contributed by atoms with Crippen LogP contribution in [0.4, 0.5) is 5.69 Å². The van der Waals surface area contributed by atoms with E-state index in [1.807, 2.05) is 30.3 Å². The standard InChI is InChI=1S/C19H19N3O2/c1-13(14-5-3-2-4-6-14)11-21-18(23)17-12-24-19(22-17)15-7-9-16(20)10-8-15/h2-10,12-13H,11,20H2,1H3,(H,21,23). The molecule has 0 saturated heterocycles. The summed E-state index contributed by atoms with van der Waals surface area (Å²) in [7, 11) is 0. The largest absolute Gasteiger partial charge is 0.444 e. The summed E-state index contributed by atoms with van der Waals surface area (Å²) in [5, 5.41) is 2.89. The Morgan fingerprint density at radius 2 is 1.88 bits per heavy atom. The van der Waals surface area contributed by atoms with E-state index in [4.69, 9.17) is 10.2 Å². The number of amides is 1. The van der Waals surface area contributed by atoms with Crippen LogP contribution in [-0.4, -0.2) is 17.4 Å². The predicted molar refractivity (Wildman–Crippen MR) is 93.5 cm³/mol. The van der Waals surface area contributed by atoms with E-state index < -0.39 is 0 Å². The Labute approximate surface area is 140 Å². The molecule has 3 rings (SSSR count). The van der Waals surface area contributed by atoms with E-state index in [0.717, 1.165) is 5.56 Å². The molecule has 0 saturated carbocycles. The molecule has 1 unspecified atom stereocenters. The van der Waals surface area contributed by atoms with Crippen LogP contribution in [-0.2, 0) is 0 Å². The summed E-state index contributed by atoms with van der Waals surface area (Å²) in [5.74, 6) is 0.373. The highest BCUT2D eigenvalue weighted by atomic mass is 16.3. The van der Waals surface area contributed by atoms with Gasteiger partial charge in [-0.3, -0.25) is 4.79 Å². The Kier molecular flexibility index (Phi) is 4.61. The van der Waals surface area contributed by atoms with Crippen molar-refractivity contribution in [2.75, 3.05) is 12.3 Å². The molecule has 24 heavy (non-hydrogen) atoms. The van der Waals surface area contributed by atoms with E-state index in [-0.39, 0.29) is 17.5 Å². The fraction of sp³-hybridized carbons (Fsp3) is 0.158. The number of hydrogen-bond acceptors (Lipinski definition) is 4. The van der Waals surface area contributed by atoms with Crippen molar-refractivity contribution in [3.63, 3.8) is 0 Å². The van der Waals surface area contributed by atoms with Gasteiger partial charge < -0.3 is 15.5 Å². The molecule has 3 aromatic rings. The van der Waals surface area contributed by atoms with Crippen LogP contribution in [0, 0.1) is 0 Å². The van der Waals surface area contributed by atoms with Crippen LogP contribution in [0.1, 0.15) is 28.9 Å². The van der Waals surface area contributed by atoms with Crippen molar-refractivity contribution in [1.29, 1.82) is 0 Å². The molecular weight excluding hydrogens is 302 g/mol. The van der Waals surface area contributed by atoms with Crippen LogP contribution in [0.25, 0.3) is 11.5 Å². The lowest BCUT2D eigenvalue weighted by Crippen LogP contribution is -2.27. The minimum Gasteiger partial charge on any atom is -0.444 e. The summed E-state index contributed by atoms with van der Waals surface area (Å²) >= 11 is 0. The quantitative estimate of drug-likeness (QED) is 0.705. The molecule has 2 aromatic carbocycles. The maximum atomic E-state index is 12.2. The Balaban J connectivity index is 1.63. The van der Waals surface area contributed by atoms with Crippen molar-refractivity contribution >= 4 is 11.6 Å². The van der Waals surface area contributed by atoms with Crippen molar-refractivity contribution < 1.29 is 9.21 Å². The second-order valence-corrected chi connectivity index (χ2v) is 5.68. The zero-order valence-electron chi connectivity index (χ0n) is 13.4. The molecule has 5 nitrogen and oxygen atoms in total. The SMILES string of the molecule is CC(CNC(=O)c1coc(-c2ccc(N)cc2)n1)c1ccccc1. The van der Waals surface area contributed by atoms with Gasteiger partial charge in [-0.25, -0.2) is 4.98 Å². The number of aromatic nitrogens is 1. The number of nitrogen functional groups attached to an aromatic ring is 1. The van der Waals surface area contributed by atoms with Crippen molar-refractivity contribution in [2.45, 2.75) is 12.8 Å². The van der Waals surface area contributed by atoms with E-state index >= 15 is 0 Å². The maximum absolute atomic E-state index is 12.2. The van der Waals surface area contributed by atoms with E-state index in [0.29, 0.717) is 18.1 Å². The number of hydrogen-bond donors (Lipinski definition) is 2. The fourth-order valence-corrected chi connectivity index (χ4v) is 2.37. The van der Waals surface area contributed by atoms with Crippen LogP contribution in [0.3, 0.4) is 0 Å². The van der Waals surface area contributed by atoms with Gasteiger partial charge in [0.2, 0.25) is 5.89 Å². The summed E-state index contributed by atoms with van der Waals surface area (Å²) in [6.07, 6.45) is 1.37. The first-order chi connectivity index (χ1) is 11.6. The lowest BCUT2D eigenvalue weighted by molar-refractivity contribution is 0.0946. The van der Waals surface area contributed by atoms with Gasteiger partial charge in [-0.1, -0.05) is 37.3 Å². The van der Waals surface area contributed by atoms with Gasteiger partial charge in [0.05, 0.1) is 0 Å². The van der Waals surface area contributed by atoms with Gasteiger partial charge in [0.15, 0.2) is 5.69 Å². The number of nitrogens with one attached hydrogen (secondary N) is 1. The minimum absolute atomic E-state index is 0.221. The first-order valence-corrected chi connectivity index (χ1v) is 7.78. The molecule has 0 radical (unpaired) electrons. The Morgan fingerprint density at radius 1 is 1.17 bits per heavy atom. The zero-order valence-corrected chi connectivity index (χ0v) is 13.4. The molecular formula is C19H19N3O2. The summed E-state index contributed by atoms with van der Waals surface area (Å²) in [6.45, 7) is 2.60. The third kappa shape index (κ3) is 3.63. The van der Waals surface area contributed by atoms with Gasteiger partial charge in [0.1, 0.15) is 6.26 Å². The summed E-state index contributed by atoms with van der Waals surface area (Å²) in [6, 6.07) is 17.2. The van der Waals surface area contributed by atoms with Crippen molar-refractivity contribution in [2.24, 2.45) is 0 Å². The summed E-state index contributed by atoms with van der Waals surface area (Å²) in [4.78, 5) is 16.5. The van der Waals surface area contributed by atoms with Crippen LogP contribution in [0.5, 0.6) is 0 Å². The summed E-state index contributed by atoms with van der Waals surface area (Å²) in [5.41, 5.74) is 8.55. The van der Waals surface area contributed by atoms with Gasteiger partial charge in [-0.15, -0.1) is 0 Å². The predicted octanol–water partition coefficient (Wildman–Crippen LogP) is 3.46. The van der Waals surface area contributed by atoms with E-state index in [2.05, 4.69) is 17.2 Å². The van der Waals surface area contributed by atoms with E-state index in [1.54, 1.807) is 24.3 Å². The number of anilines is 1. The first-order valence-electron chi connectivity index (χ1n) is 7.78. The molecule has 0 spiro atoms. The number of carbonyl (C=O) groups excluding carboxylic acids is 1. The van der Waals surface area contributed by atoms with Crippen LogP contribution in [0.15, 0.2) is 65.3 Å².